The maximum Gasteiger partial charge on any atom is 0.222 e. The molecule has 2 bridgehead atoms. The average Bonchev–Trinajstić information content (AvgIpc) is 2.86. The fraction of sp³-hybridized carbons (Fsp3) is 0.947. The molecule has 1 N–H and O–H groups in total. The molecule has 1 aliphatic carbocycles. The summed E-state index contributed by atoms with van der Waals surface area (Å²) >= 11 is 0. The van der Waals surface area contributed by atoms with Crippen LogP contribution in [-0.2, 0) is 4.79 Å². The Hall–Kier alpha value is -0.570. The predicted octanol–water partition coefficient (Wildman–Crippen LogP) is 3.73. The van der Waals surface area contributed by atoms with Gasteiger partial charge in [-0.1, -0.05) is 26.2 Å². The number of hydrogen-bond donors (Lipinski definition) is 1. The van der Waals surface area contributed by atoms with Crippen LogP contribution in [0.3, 0.4) is 0 Å². The molecular weight excluding hydrogens is 272 g/mol. The summed E-state index contributed by atoms with van der Waals surface area (Å²) in [6.45, 7) is 4.20. The van der Waals surface area contributed by atoms with Gasteiger partial charge in [-0.2, -0.15) is 0 Å². The van der Waals surface area contributed by atoms with Gasteiger partial charge in [-0.25, -0.2) is 0 Å². The summed E-state index contributed by atoms with van der Waals surface area (Å²) in [5.74, 6) is 1.85. The first-order chi connectivity index (χ1) is 10.7. The highest BCUT2D eigenvalue weighted by Gasteiger charge is 2.35. The Bertz CT molecular complexity index is 352. The molecule has 3 fully saturated rings. The van der Waals surface area contributed by atoms with E-state index in [1.165, 1.54) is 57.8 Å². The summed E-state index contributed by atoms with van der Waals surface area (Å²) in [5.41, 5.74) is 0. The molecule has 0 radical (unpaired) electrons. The number of carbonyl (C=O) groups is 1. The molecule has 0 aromatic carbocycles. The van der Waals surface area contributed by atoms with Crippen molar-refractivity contribution in [2.45, 2.75) is 89.6 Å². The second-order valence-electron chi connectivity index (χ2n) is 8.02. The quantitative estimate of drug-likeness (QED) is 0.811. The van der Waals surface area contributed by atoms with Crippen molar-refractivity contribution in [2.24, 2.45) is 11.8 Å². The molecule has 3 rings (SSSR count). The zero-order valence-electron chi connectivity index (χ0n) is 14.4. The lowest BCUT2D eigenvalue weighted by Gasteiger charge is -2.33. The Morgan fingerprint density at radius 1 is 1.00 bits per heavy atom. The first kappa shape index (κ1) is 16.3. The van der Waals surface area contributed by atoms with Crippen molar-refractivity contribution in [1.82, 2.24) is 10.2 Å². The van der Waals surface area contributed by atoms with E-state index in [1.54, 1.807) is 0 Å². The number of rotatable bonds is 6. The zero-order chi connectivity index (χ0) is 15.4. The molecule has 3 aliphatic rings. The van der Waals surface area contributed by atoms with E-state index in [4.69, 9.17) is 0 Å². The number of nitrogens with zero attached hydrogens (tertiary/aromatic N) is 1. The maximum atomic E-state index is 12.8. The third-order valence-electron chi connectivity index (χ3n) is 6.08. The van der Waals surface area contributed by atoms with Crippen LogP contribution in [0.15, 0.2) is 0 Å². The van der Waals surface area contributed by atoms with E-state index in [1.807, 2.05) is 0 Å². The van der Waals surface area contributed by atoms with Gasteiger partial charge in [0.15, 0.2) is 0 Å². The molecule has 3 nitrogen and oxygen atoms in total. The van der Waals surface area contributed by atoms with Crippen molar-refractivity contribution in [1.29, 1.82) is 0 Å². The van der Waals surface area contributed by atoms with Gasteiger partial charge in [0.2, 0.25) is 5.91 Å². The molecule has 22 heavy (non-hydrogen) atoms. The molecule has 3 heteroatoms. The van der Waals surface area contributed by atoms with Gasteiger partial charge in [0.25, 0.3) is 0 Å². The molecule has 2 atom stereocenters. The van der Waals surface area contributed by atoms with Crippen LogP contribution in [0.25, 0.3) is 0 Å². The number of amides is 1. The fourth-order valence-electron chi connectivity index (χ4n) is 4.99. The third kappa shape index (κ3) is 4.24. The Kier molecular flexibility index (Phi) is 5.78. The molecule has 126 valence electrons. The van der Waals surface area contributed by atoms with Gasteiger partial charge in [-0.15, -0.1) is 0 Å². The molecule has 2 aliphatic heterocycles. The monoisotopic (exact) mass is 306 g/mol. The summed E-state index contributed by atoms with van der Waals surface area (Å²) in [6, 6.07) is 1.41. The van der Waals surface area contributed by atoms with Crippen LogP contribution in [0.5, 0.6) is 0 Å². The van der Waals surface area contributed by atoms with Gasteiger partial charge in [-0.05, 0) is 56.8 Å². The van der Waals surface area contributed by atoms with E-state index < -0.39 is 0 Å². The standard InChI is InChI=1S/C19H34N2O/c1-2-10-21(14-15-6-4-3-5-7-15)19(22)13-16-11-17-8-9-18(12-16)20-17/h15-18,20H,2-14H2,1H3. The molecule has 2 unspecified atom stereocenters. The first-order valence-corrected chi connectivity index (χ1v) is 9.78. The Balaban J connectivity index is 1.50. The van der Waals surface area contributed by atoms with Crippen molar-refractivity contribution in [3.05, 3.63) is 0 Å². The number of fused-ring (bicyclic) bond motifs is 2. The van der Waals surface area contributed by atoms with Crippen molar-refractivity contribution < 1.29 is 4.79 Å². The van der Waals surface area contributed by atoms with Crippen molar-refractivity contribution in [3.63, 3.8) is 0 Å². The molecule has 1 saturated carbocycles. The lowest BCUT2D eigenvalue weighted by Crippen LogP contribution is -2.41. The van der Waals surface area contributed by atoms with E-state index in [9.17, 15) is 4.79 Å². The zero-order valence-corrected chi connectivity index (χ0v) is 14.4. The highest BCUT2D eigenvalue weighted by atomic mass is 16.2. The van der Waals surface area contributed by atoms with Crippen LogP contribution in [0.1, 0.15) is 77.6 Å². The van der Waals surface area contributed by atoms with Crippen molar-refractivity contribution in [3.8, 4) is 0 Å². The second-order valence-corrected chi connectivity index (χ2v) is 8.02. The minimum atomic E-state index is 0.443. The van der Waals surface area contributed by atoms with E-state index in [2.05, 4.69) is 17.1 Å². The van der Waals surface area contributed by atoms with Gasteiger partial charge in [-0.3, -0.25) is 4.79 Å². The smallest absolute Gasteiger partial charge is 0.222 e. The number of piperidine rings is 1. The lowest BCUT2D eigenvalue weighted by atomic mass is 9.87. The Morgan fingerprint density at radius 2 is 1.68 bits per heavy atom. The summed E-state index contributed by atoms with van der Waals surface area (Å²) in [7, 11) is 0. The molecule has 0 aromatic rings. The summed E-state index contributed by atoms with van der Waals surface area (Å²) in [5, 5.41) is 3.69. The average molecular weight is 306 g/mol. The molecule has 1 amide bonds. The fourth-order valence-corrected chi connectivity index (χ4v) is 4.99. The summed E-state index contributed by atoms with van der Waals surface area (Å²) in [4.78, 5) is 15.0. The molecular formula is C19H34N2O. The Labute approximate surface area is 136 Å². The molecule has 2 saturated heterocycles. The normalized spacial score (nSPS) is 32.1. The maximum absolute atomic E-state index is 12.8. The van der Waals surface area contributed by atoms with E-state index in [0.29, 0.717) is 23.9 Å². The van der Waals surface area contributed by atoms with Crippen LogP contribution in [0.4, 0.5) is 0 Å². The SMILES string of the molecule is CCCN(CC1CCCCC1)C(=O)CC1CC2CCC(C1)N2. The van der Waals surface area contributed by atoms with Crippen LogP contribution in [0, 0.1) is 11.8 Å². The van der Waals surface area contributed by atoms with Crippen molar-refractivity contribution in [2.75, 3.05) is 13.1 Å². The Morgan fingerprint density at radius 3 is 2.32 bits per heavy atom. The highest BCUT2D eigenvalue weighted by Crippen LogP contribution is 2.33. The van der Waals surface area contributed by atoms with Crippen molar-refractivity contribution >= 4 is 5.91 Å². The third-order valence-corrected chi connectivity index (χ3v) is 6.08. The highest BCUT2D eigenvalue weighted by molar-refractivity contribution is 5.76. The van der Waals surface area contributed by atoms with Gasteiger partial charge < -0.3 is 10.2 Å². The largest absolute Gasteiger partial charge is 0.342 e. The lowest BCUT2D eigenvalue weighted by molar-refractivity contribution is -0.133. The molecule has 0 spiro atoms. The summed E-state index contributed by atoms with van der Waals surface area (Å²) in [6.07, 6.45) is 13.8. The number of nitrogens with one attached hydrogen (secondary N) is 1. The minimum absolute atomic E-state index is 0.443. The van der Waals surface area contributed by atoms with Crippen LogP contribution < -0.4 is 5.32 Å². The van der Waals surface area contributed by atoms with E-state index in [-0.39, 0.29) is 0 Å². The van der Waals surface area contributed by atoms with E-state index in [0.717, 1.165) is 31.8 Å². The van der Waals surface area contributed by atoms with Gasteiger partial charge >= 0.3 is 0 Å². The van der Waals surface area contributed by atoms with Gasteiger partial charge in [0.1, 0.15) is 0 Å². The van der Waals surface area contributed by atoms with Gasteiger partial charge in [0, 0.05) is 31.6 Å². The van der Waals surface area contributed by atoms with E-state index >= 15 is 0 Å². The minimum Gasteiger partial charge on any atom is -0.342 e. The predicted molar refractivity (Wildman–Crippen MR) is 90.7 cm³/mol. The molecule has 2 heterocycles. The summed E-state index contributed by atoms with van der Waals surface area (Å²) < 4.78 is 0. The number of carbonyl (C=O) groups excluding carboxylic acids is 1. The molecule has 0 aromatic heterocycles. The first-order valence-electron chi connectivity index (χ1n) is 9.78. The van der Waals surface area contributed by atoms with Crippen LogP contribution >= 0.6 is 0 Å². The topological polar surface area (TPSA) is 32.3 Å². The van der Waals surface area contributed by atoms with Gasteiger partial charge in [0.05, 0.1) is 0 Å². The van der Waals surface area contributed by atoms with Crippen LogP contribution in [-0.4, -0.2) is 36.0 Å². The second kappa shape index (κ2) is 7.81. The van der Waals surface area contributed by atoms with Crippen LogP contribution in [0.2, 0.25) is 0 Å². The number of hydrogen-bond acceptors (Lipinski definition) is 2.